The van der Waals surface area contributed by atoms with E-state index in [4.69, 9.17) is 38.7 Å². The maximum absolute atomic E-state index is 8.74. The van der Waals surface area contributed by atoms with Crippen molar-refractivity contribution in [2.45, 2.75) is 95.2 Å². The lowest BCUT2D eigenvalue weighted by Crippen LogP contribution is -2.56. The Morgan fingerprint density at radius 2 is 1.59 bits per heavy atom. The van der Waals surface area contributed by atoms with Crippen LogP contribution in [0.1, 0.15) is 41.5 Å². The molecule has 0 bridgehead atoms. The normalized spacial score (nSPS) is 46.5. The van der Waals surface area contributed by atoms with E-state index in [1.54, 1.807) is 13.8 Å². The number of hydrogen-bond donors (Lipinski definition) is 0. The molecule has 4 aliphatic rings. The Morgan fingerprint density at radius 1 is 0.889 bits per heavy atom. The summed E-state index contributed by atoms with van der Waals surface area (Å²) in [7, 11) is 0. The first-order valence-corrected chi connectivity index (χ1v) is 9.21. The zero-order valence-corrected chi connectivity index (χ0v) is 16.5. The van der Waals surface area contributed by atoms with E-state index in [0.29, 0.717) is 6.61 Å². The van der Waals surface area contributed by atoms with Crippen LogP contribution in [0.15, 0.2) is 5.11 Å². The predicted octanol–water partition coefficient (Wildman–Crippen LogP) is 2.21. The van der Waals surface area contributed by atoms with E-state index in [1.165, 1.54) is 0 Å². The topological polar surface area (TPSA) is 113 Å². The Balaban J connectivity index is 1.71. The van der Waals surface area contributed by atoms with Crippen LogP contribution in [0, 0.1) is 0 Å². The van der Waals surface area contributed by atoms with Gasteiger partial charge in [0.25, 0.3) is 0 Å². The van der Waals surface area contributed by atoms with E-state index < -0.39 is 41.5 Å². The summed E-state index contributed by atoms with van der Waals surface area (Å²) in [4.78, 5) is 2.84. The minimum Gasteiger partial charge on any atom is -0.348 e. The Labute approximate surface area is 157 Å². The highest BCUT2D eigenvalue weighted by atomic mass is 16.9. The molecule has 0 unspecified atom stereocenters. The van der Waals surface area contributed by atoms with Gasteiger partial charge in [-0.2, -0.15) is 0 Å². The molecule has 0 spiro atoms. The first-order valence-electron chi connectivity index (χ1n) is 9.21. The summed E-state index contributed by atoms with van der Waals surface area (Å²) in [5.41, 5.74) is 8.74. The van der Waals surface area contributed by atoms with Crippen LogP contribution in [0.25, 0.3) is 10.4 Å². The van der Waals surface area contributed by atoms with Gasteiger partial charge in [-0.15, -0.1) is 0 Å². The van der Waals surface area contributed by atoms with Gasteiger partial charge in [0.1, 0.15) is 24.4 Å². The van der Waals surface area contributed by atoms with E-state index in [0.717, 1.165) is 0 Å². The number of azide groups is 1. The molecule has 4 saturated heterocycles. The van der Waals surface area contributed by atoms with Gasteiger partial charge in [-0.25, -0.2) is 0 Å². The molecule has 0 aliphatic carbocycles. The van der Waals surface area contributed by atoms with Gasteiger partial charge < -0.3 is 33.2 Å². The van der Waals surface area contributed by atoms with Gasteiger partial charge in [0, 0.05) is 4.91 Å². The van der Waals surface area contributed by atoms with Crippen LogP contribution in [-0.2, 0) is 33.2 Å². The largest absolute Gasteiger partial charge is 0.348 e. The highest BCUT2D eigenvalue weighted by molar-refractivity contribution is 5.11. The fourth-order valence-electron chi connectivity index (χ4n) is 4.37. The quantitative estimate of drug-likeness (QED) is 0.416. The minimum atomic E-state index is -1.26. The van der Waals surface area contributed by atoms with Crippen LogP contribution in [0.5, 0.6) is 0 Å². The first-order chi connectivity index (χ1) is 12.5. The molecule has 0 aromatic carbocycles. The molecule has 4 aliphatic heterocycles. The highest BCUT2D eigenvalue weighted by Crippen LogP contribution is 2.53. The summed E-state index contributed by atoms with van der Waals surface area (Å²) in [6, 6.07) is 0. The van der Waals surface area contributed by atoms with E-state index in [1.807, 2.05) is 27.7 Å². The van der Waals surface area contributed by atoms with Gasteiger partial charge in [-0.1, -0.05) is 5.11 Å². The second kappa shape index (κ2) is 6.01. The van der Waals surface area contributed by atoms with Crippen molar-refractivity contribution in [1.29, 1.82) is 0 Å². The van der Waals surface area contributed by atoms with Gasteiger partial charge in [0.05, 0.1) is 19.3 Å². The zero-order chi connectivity index (χ0) is 19.7. The Morgan fingerprint density at radius 3 is 2.30 bits per heavy atom. The SMILES string of the molecule is CC1(C)OC[C@@H]2O[C@@]3([C@@H]4OC(C)(C)O[C@H]4CN=[N+]=[N-])OC(C)(C)O[C@H]3[C@@H]2O1. The summed E-state index contributed by atoms with van der Waals surface area (Å²) in [5.74, 6) is -3.80. The molecule has 0 aromatic heterocycles. The standard InChI is InChI=1S/C17H27N3O7/c1-14(2)21-8-10-11(24-14)13-17(23-10,27-16(5,6)26-13)12-9(7-19-20-18)22-15(3,4)25-12/h9-13H,7-8H2,1-6H3/t9-,10-,11+,12+,13-,17-/m0/s1. The van der Waals surface area contributed by atoms with E-state index >= 15 is 0 Å². The van der Waals surface area contributed by atoms with Gasteiger partial charge in [-0.3, -0.25) is 0 Å². The molecule has 27 heavy (non-hydrogen) atoms. The molecule has 4 heterocycles. The van der Waals surface area contributed by atoms with Crippen molar-refractivity contribution >= 4 is 0 Å². The summed E-state index contributed by atoms with van der Waals surface area (Å²) in [5, 5.41) is 3.67. The van der Waals surface area contributed by atoms with Crippen LogP contribution < -0.4 is 0 Å². The molecule has 0 aromatic rings. The molecular weight excluding hydrogens is 358 g/mol. The average molecular weight is 385 g/mol. The molecule has 4 fully saturated rings. The third kappa shape index (κ3) is 3.24. The van der Waals surface area contributed by atoms with Gasteiger partial charge in [0.15, 0.2) is 17.4 Å². The van der Waals surface area contributed by atoms with Gasteiger partial charge in [0.2, 0.25) is 5.79 Å². The first kappa shape index (κ1) is 19.4. The average Bonchev–Trinajstić information content (AvgIpc) is 3.09. The molecule has 0 saturated carbocycles. The fraction of sp³-hybridized carbons (Fsp3) is 1.00. The molecule has 0 N–H and O–H groups in total. The number of rotatable bonds is 3. The van der Waals surface area contributed by atoms with Crippen LogP contribution in [0.4, 0.5) is 0 Å². The van der Waals surface area contributed by atoms with Gasteiger partial charge >= 0.3 is 0 Å². The lowest BCUT2D eigenvalue weighted by Gasteiger charge is -2.38. The van der Waals surface area contributed by atoms with Crippen molar-refractivity contribution in [3.8, 4) is 0 Å². The van der Waals surface area contributed by atoms with E-state index in [2.05, 4.69) is 10.0 Å². The summed E-state index contributed by atoms with van der Waals surface area (Å²) in [6.45, 7) is 11.4. The Kier molecular flexibility index (Phi) is 4.31. The predicted molar refractivity (Wildman–Crippen MR) is 90.4 cm³/mol. The van der Waals surface area contributed by atoms with E-state index in [-0.39, 0.29) is 18.8 Å². The molecule has 10 nitrogen and oxygen atoms in total. The lowest BCUT2D eigenvalue weighted by atomic mass is 9.96. The number of hydrogen-bond acceptors (Lipinski definition) is 8. The molecular formula is C17H27N3O7. The maximum atomic E-state index is 8.74. The van der Waals surface area contributed by atoms with Crippen LogP contribution >= 0.6 is 0 Å². The lowest BCUT2D eigenvalue weighted by molar-refractivity contribution is -0.338. The maximum Gasteiger partial charge on any atom is 0.230 e. The number of fused-ring (bicyclic) bond motifs is 3. The smallest absolute Gasteiger partial charge is 0.230 e. The third-order valence-corrected chi connectivity index (χ3v) is 5.13. The van der Waals surface area contributed by atoms with Crippen molar-refractivity contribution in [3.63, 3.8) is 0 Å². The van der Waals surface area contributed by atoms with Crippen molar-refractivity contribution in [2.24, 2.45) is 5.11 Å². The summed E-state index contributed by atoms with van der Waals surface area (Å²) in [6.07, 6.45) is -2.52. The van der Waals surface area contributed by atoms with Crippen LogP contribution in [0.2, 0.25) is 0 Å². The molecule has 152 valence electrons. The van der Waals surface area contributed by atoms with Crippen LogP contribution in [0.3, 0.4) is 0 Å². The monoisotopic (exact) mass is 385 g/mol. The summed E-state index contributed by atoms with van der Waals surface area (Å²) >= 11 is 0. The second-order valence-electron chi connectivity index (χ2n) is 8.72. The molecule has 0 radical (unpaired) electrons. The van der Waals surface area contributed by atoms with Crippen molar-refractivity contribution in [3.05, 3.63) is 10.4 Å². The molecule has 10 heteroatoms. The molecule has 0 amide bonds. The van der Waals surface area contributed by atoms with Gasteiger partial charge in [-0.05, 0) is 47.1 Å². The number of nitrogens with zero attached hydrogens (tertiary/aromatic N) is 3. The van der Waals surface area contributed by atoms with Crippen molar-refractivity contribution in [1.82, 2.24) is 0 Å². The Bertz CT molecular complexity index is 663. The summed E-state index contributed by atoms with van der Waals surface area (Å²) < 4.78 is 42.9. The van der Waals surface area contributed by atoms with Crippen LogP contribution in [-0.4, -0.2) is 66.8 Å². The Hall–Kier alpha value is -0.970. The minimum absolute atomic E-state index is 0.0877. The third-order valence-electron chi connectivity index (χ3n) is 5.13. The zero-order valence-electron chi connectivity index (χ0n) is 16.5. The molecule has 6 atom stereocenters. The molecule has 4 rings (SSSR count). The second-order valence-corrected chi connectivity index (χ2v) is 8.72. The van der Waals surface area contributed by atoms with Crippen molar-refractivity contribution in [2.75, 3.05) is 13.2 Å². The number of ether oxygens (including phenoxy) is 7. The van der Waals surface area contributed by atoms with Crippen molar-refractivity contribution < 1.29 is 33.2 Å². The van der Waals surface area contributed by atoms with E-state index in [9.17, 15) is 0 Å². The highest BCUT2D eigenvalue weighted by Gasteiger charge is 2.73. The fourth-order valence-corrected chi connectivity index (χ4v) is 4.37.